The van der Waals surface area contributed by atoms with Crippen molar-refractivity contribution >= 4 is 21.7 Å². The molecule has 0 aliphatic heterocycles. The van der Waals surface area contributed by atoms with Gasteiger partial charge < -0.3 is 10.5 Å². The van der Waals surface area contributed by atoms with Crippen LogP contribution in [0.3, 0.4) is 0 Å². The Kier molecular flexibility index (Phi) is 3.88. The molecule has 0 unspecified atom stereocenters. The van der Waals surface area contributed by atoms with Crippen LogP contribution in [-0.2, 0) is 0 Å². The van der Waals surface area contributed by atoms with Crippen LogP contribution in [0, 0.1) is 22.7 Å². The summed E-state index contributed by atoms with van der Waals surface area (Å²) >= 11 is 3.34. The molecule has 2 aromatic rings. The quantitative estimate of drug-likeness (QED) is 0.914. The second-order valence-corrected chi connectivity index (χ2v) is 4.78. The van der Waals surface area contributed by atoms with Crippen LogP contribution < -0.4 is 10.5 Å². The Morgan fingerprint density at radius 1 is 1.15 bits per heavy atom. The highest BCUT2D eigenvalue weighted by atomic mass is 79.9. The zero-order valence-corrected chi connectivity index (χ0v) is 12.1. The summed E-state index contributed by atoms with van der Waals surface area (Å²) in [7, 11) is 1.40. The zero-order chi connectivity index (χ0) is 14.7. The lowest BCUT2D eigenvalue weighted by Gasteiger charge is -2.12. The first kappa shape index (κ1) is 13.9. The predicted octanol–water partition coefficient (Wildman–Crippen LogP) is 2.85. The lowest BCUT2D eigenvalue weighted by Crippen LogP contribution is -2.04. The second kappa shape index (κ2) is 5.60. The maximum absolute atomic E-state index is 9.33. The number of nitrogens with zero attached hydrogens (tertiary/aromatic N) is 3. The molecule has 0 bridgehead atoms. The van der Waals surface area contributed by atoms with Crippen LogP contribution in [0.25, 0.3) is 11.1 Å². The van der Waals surface area contributed by atoms with E-state index >= 15 is 0 Å². The number of halogens is 1. The molecule has 1 aromatic carbocycles. The van der Waals surface area contributed by atoms with Crippen molar-refractivity contribution in [2.45, 2.75) is 0 Å². The fraction of sp³-hybridized carbons (Fsp3) is 0.0714. The SMILES string of the molecule is COc1nc(N)c(C#N)c(-c2ccc(Br)cc2)c1C#N. The van der Waals surface area contributed by atoms with Gasteiger partial charge in [0.05, 0.1) is 7.11 Å². The molecule has 0 aliphatic carbocycles. The van der Waals surface area contributed by atoms with E-state index < -0.39 is 0 Å². The minimum atomic E-state index is 0.0428. The smallest absolute Gasteiger partial charge is 0.234 e. The molecule has 0 saturated heterocycles. The number of hydrogen-bond acceptors (Lipinski definition) is 5. The van der Waals surface area contributed by atoms with Gasteiger partial charge in [-0.1, -0.05) is 28.1 Å². The third-order valence-electron chi connectivity index (χ3n) is 2.74. The third-order valence-corrected chi connectivity index (χ3v) is 3.27. The van der Waals surface area contributed by atoms with Gasteiger partial charge in [-0.05, 0) is 17.7 Å². The molecule has 2 N–H and O–H groups in total. The molecule has 98 valence electrons. The molecule has 6 heteroatoms. The summed E-state index contributed by atoms with van der Waals surface area (Å²) in [4.78, 5) is 3.94. The Morgan fingerprint density at radius 3 is 2.25 bits per heavy atom. The Morgan fingerprint density at radius 2 is 1.75 bits per heavy atom. The Balaban J connectivity index is 2.85. The highest BCUT2D eigenvalue weighted by molar-refractivity contribution is 9.10. The standard InChI is InChI=1S/C14H9BrN4O/c1-20-14-11(7-17)12(10(6-16)13(18)19-14)8-2-4-9(15)5-3-8/h2-5H,1H3,(H2,18,19). The minimum Gasteiger partial charge on any atom is -0.480 e. The molecule has 0 spiro atoms. The highest BCUT2D eigenvalue weighted by Crippen LogP contribution is 2.35. The third kappa shape index (κ3) is 2.29. The lowest BCUT2D eigenvalue weighted by molar-refractivity contribution is 0.397. The first-order valence-corrected chi connectivity index (χ1v) is 6.35. The van der Waals surface area contributed by atoms with Gasteiger partial charge in [0.15, 0.2) is 0 Å². The Hall–Kier alpha value is -2.57. The van der Waals surface area contributed by atoms with Crippen LogP contribution in [0.2, 0.25) is 0 Å². The van der Waals surface area contributed by atoms with E-state index in [9.17, 15) is 10.5 Å². The first-order valence-electron chi connectivity index (χ1n) is 5.56. The van der Waals surface area contributed by atoms with Crippen LogP contribution in [0.1, 0.15) is 11.1 Å². The fourth-order valence-electron chi connectivity index (χ4n) is 1.85. The molecular formula is C14H9BrN4O. The number of hydrogen-bond donors (Lipinski definition) is 1. The van der Waals surface area contributed by atoms with Gasteiger partial charge in [-0.2, -0.15) is 15.5 Å². The number of aromatic nitrogens is 1. The zero-order valence-electron chi connectivity index (χ0n) is 10.5. The van der Waals surface area contributed by atoms with Gasteiger partial charge in [0.2, 0.25) is 5.88 Å². The van der Waals surface area contributed by atoms with Gasteiger partial charge in [0.1, 0.15) is 29.1 Å². The van der Waals surface area contributed by atoms with Crippen LogP contribution in [0.15, 0.2) is 28.7 Å². The largest absolute Gasteiger partial charge is 0.480 e. The van der Waals surface area contributed by atoms with Gasteiger partial charge in [-0.15, -0.1) is 0 Å². The molecule has 20 heavy (non-hydrogen) atoms. The summed E-state index contributed by atoms with van der Waals surface area (Å²) in [6.45, 7) is 0. The number of pyridine rings is 1. The number of anilines is 1. The second-order valence-electron chi connectivity index (χ2n) is 3.86. The van der Waals surface area contributed by atoms with E-state index in [-0.39, 0.29) is 22.8 Å². The van der Waals surface area contributed by atoms with E-state index in [1.807, 2.05) is 24.3 Å². The van der Waals surface area contributed by atoms with Crippen LogP contribution >= 0.6 is 15.9 Å². The van der Waals surface area contributed by atoms with Gasteiger partial charge in [-0.25, -0.2) is 0 Å². The van der Waals surface area contributed by atoms with E-state index in [1.54, 1.807) is 12.1 Å². The van der Waals surface area contributed by atoms with Crippen molar-refractivity contribution in [3.8, 4) is 29.1 Å². The molecule has 0 aliphatic rings. The number of ether oxygens (including phenoxy) is 1. The summed E-state index contributed by atoms with van der Waals surface area (Å²) in [6.07, 6.45) is 0. The van der Waals surface area contributed by atoms with Crippen LogP contribution in [-0.4, -0.2) is 12.1 Å². The maximum atomic E-state index is 9.33. The van der Waals surface area contributed by atoms with Gasteiger partial charge in [0, 0.05) is 10.0 Å². The summed E-state index contributed by atoms with van der Waals surface area (Å²) in [5.41, 5.74) is 7.27. The van der Waals surface area contributed by atoms with Crippen molar-refractivity contribution in [2.75, 3.05) is 12.8 Å². The van der Waals surface area contributed by atoms with Crippen molar-refractivity contribution in [1.29, 1.82) is 10.5 Å². The van der Waals surface area contributed by atoms with Crippen molar-refractivity contribution in [2.24, 2.45) is 0 Å². The van der Waals surface area contributed by atoms with Gasteiger partial charge >= 0.3 is 0 Å². The number of nitrogen functional groups attached to an aromatic ring is 1. The van der Waals surface area contributed by atoms with Crippen LogP contribution in [0.5, 0.6) is 5.88 Å². The molecule has 0 amide bonds. The van der Waals surface area contributed by atoms with Crippen molar-refractivity contribution in [3.05, 3.63) is 39.9 Å². The van der Waals surface area contributed by atoms with Crippen molar-refractivity contribution < 1.29 is 4.74 Å². The van der Waals surface area contributed by atoms with E-state index in [0.29, 0.717) is 11.1 Å². The van der Waals surface area contributed by atoms with Gasteiger partial charge in [-0.3, -0.25) is 0 Å². The summed E-state index contributed by atoms with van der Waals surface area (Å²) in [5, 5.41) is 18.6. The van der Waals surface area contributed by atoms with Crippen LogP contribution in [0.4, 0.5) is 5.82 Å². The molecule has 0 radical (unpaired) electrons. The van der Waals surface area contributed by atoms with E-state index in [1.165, 1.54) is 7.11 Å². The van der Waals surface area contributed by atoms with Crippen molar-refractivity contribution in [1.82, 2.24) is 4.98 Å². The van der Waals surface area contributed by atoms with E-state index in [0.717, 1.165) is 4.47 Å². The number of benzene rings is 1. The molecule has 1 aromatic heterocycles. The molecule has 2 rings (SSSR count). The lowest BCUT2D eigenvalue weighted by atomic mass is 9.96. The molecule has 5 nitrogen and oxygen atoms in total. The maximum Gasteiger partial charge on any atom is 0.234 e. The van der Waals surface area contributed by atoms with Crippen molar-refractivity contribution in [3.63, 3.8) is 0 Å². The molecular weight excluding hydrogens is 320 g/mol. The molecule has 0 saturated carbocycles. The molecule has 1 heterocycles. The monoisotopic (exact) mass is 328 g/mol. The average Bonchev–Trinajstić information content (AvgIpc) is 2.46. The average molecular weight is 329 g/mol. The van der Waals surface area contributed by atoms with Gasteiger partial charge in [0.25, 0.3) is 0 Å². The van der Waals surface area contributed by atoms with E-state index in [2.05, 4.69) is 20.9 Å². The normalized spacial score (nSPS) is 9.60. The number of rotatable bonds is 2. The number of nitriles is 2. The Labute approximate surface area is 124 Å². The predicted molar refractivity (Wildman–Crippen MR) is 77.8 cm³/mol. The number of methoxy groups -OCH3 is 1. The topological polar surface area (TPSA) is 95.7 Å². The molecule has 0 fully saturated rings. The Bertz CT molecular complexity index is 742. The number of nitrogens with two attached hydrogens (primary N) is 1. The minimum absolute atomic E-state index is 0.0428. The summed E-state index contributed by atoms with van der Waals surface area (Å²) in [5.74, 6) is 0.156. The molecule has 0 atom stereocenters. The summed E-state index contributed by atoms with van der Waals surface area (Å²) in [6, 6.07) is 11.2. The first-order chi connectivity index (χ1) is 9.62. The van der Waals surface area contributed by atoms with E-state index in [4.69, 9.17) is 10.5 Å². The highest BCUT2D eigenvalue weighted by Gasteiger charge is 2.20. The summed E-state index contributed by atoms with van der Waals surface area (Å²) < 4.78 is 5.97. The fourth-order valence-corrected chi connectivity index (χ4v) is 2.12.